The minimum Gasteiger partial charge on any atom is -0.481 e. The molecule has 1 heterocycles. The van der Waals surface area contributed by atoms with Gasteiger partial charge in [-0.3, -0.25) is 9.59 Å². The van der Waals surface area contributed by atoms with Gasteiger partial charge in [0.05, 0.1) is 5.92 Å². The van der Waals surface area contributed by atoms with Crippen molar-refractivity contribution in [3.05, 3.63) is 29.3 Å². The zero-order valence-electron chi connectivity index (χ0n) is 14.2. The fourth-order valence-corrected chi connectivity index (χ4v) is 2.90. The Labute approximate surface area is 146 Å². The van der Waals surface area contributed by atoms with Crippen LogP contribution in [0.25, 0.3) is 0 Å². The lowest BCUT2D eigenvalue weighted by Crippen LogP contribution is -2.34. The maximum absolute atomic E-state index is 12.4. The number of carboxylic acids is 1. The second-order valence-electron chi connectivity index (χ2n) is 6.88. The molecule has 1 aromatic carbocycles. The van der Waals surface area contributed by atoms with Crippen molar-refractivity contribution in [2.45, 2.75) is 26.2 Å². The molecule has 1 atom stereocenters. The number of hydrogen-bond acceptors (Lipinski definition) is 3. The normalized spacial score (nSPS) is 19.6. The number of benzene rings is 1. The number of nitrogens with one attached hydrogen (secondary N) is 2. The Balaban J connectivity index is 1.63. The molecule has 0 aromatic heterocycles. The van der Waals surface area contributed by atoms with Gasteiger partial charge in [-0.2, -0.15) is 0 Å². The summed E-state index contributed by atoms with van der Waals surface area (Å²) in [5.41, 5.74) is 1.93. The number of nitrogens with zero attached hydrogens (tertiary/aromatic N) is 1. The minimum atomic E-state index is -0.874. The third-order valence-electron chi connectivity index (χ3n) is 4.81. The summed E-state index contributed by atoms with van der Waals surface area (Å²) in [4.78, 5) is 37.1. The monoisotopic (exact) mass is 345 g/mol. The topological polar surface area (TPSA) is 98.7 Å². The van der Waals surface area contributed by atoms with Gasteiger partial charge >= 0.3 is 12.0 Å². The van der Waals surface area contributed by atoms with Crippen molar-refractivity contribution in [2.24, 2.45) is 11.8 Å². The quantitative estimate of drug-likeness (QED) is 0.761. The molecule has 2 aliphatic rings. The van der Waals surface area contributed by atoms with Gasteiger partial charge in [-0.15, -0.1) is 0 Å². The fraction of sp³-hybridized carbons (Fsp3) is 0.500. The van der Waals surface area contributed by atoms with Crippen molar-refractivity contribution in [3.8, 4) is 0 Å². The zero-order valence-corrected chi connectivity index (χ0v) is 14.2. The lowest BCUT2D eigenvalue weighted by atomic mass is 10.1. The van der Waals surface area contributed by atoms with Crippen LogP contribution in [0.4, 0.5) is 10.5 Å². The lowest BCUT2D eigenvalue weighted by Gasteiger charge is -2.18. The van der Waals surface area contributed by atoms with E-state index in [1.807, 2.05) is 6.92 Å². The molecule has 25 heavy (non-hydrogen) atoms. The van der Waals surface area contributed by atoms with Gasteiger partial charge in [-0.1, -0.05) is 6.07 Å². The number of likely N-dealkylation sites (tertiary alicyclic amines) is 1. The summed E-state index contributed by atoms with van der Waals surface area (Å²) in [6.45, 7) is 3.18. The number of amides is 3. The number of carbonyl (C=O) groups excluding carboxylic acids is 2. The molecule has 134 valence electrons. The summed E-state index contributed by atoms with van der Waals surface area (Å²) in [6, 6.07) is 4.87. The van der Waals surface area contributed by atoms with Crippen LogP contribution in [-0.2, 0) is 4.79 Å². The highest BCUT2D eigenvalue weighted by atomic mass is 16.4. The van der Waals surface area contributed by atoms with Crippen LogP contribution in [0.5, 0.6) is 0 Å². The van der Waals surface area contributed by atoms with Gasteiger partial charge in [0.2, 0.25) is 0 Å². The standard InChI is InChI=1S/C18H23N3O4/c1-11-2-5-13(16(22)19-9-12-3-4-12)8-15(11)20-18(25)21-7-6-14(10-21)17(23)24/h2,5,8,12,14H,3-4,6-7,9-10H2,1H3,(H,19,22)(H,20,25)(H,23,24). The molecule has 7 heteroatoms. The SMILES string of the molecule is Cc1ccc(C(=O)NCC2CC2)cc1NC(=O)N1CCC(C(=O)O)C1. The summed E-state index contributed by atoms with van der Waals surface area (Å²) in [7, 11) is 0. The van der Waals surface area contributed by atoms with Crippen LogP contribution in [0.1, 0.15) is 35.2 Å². The molecule has 1 aliphatic carbocycles. The number of anilines is 1. The number of urea groups is 1. The summed E-state index contributed by atoms with van der Waals surface area (Å²) in [5, 5.41) is 14.7. The van der Waals surface area contributed by atoms with E-state index in [-0.39, 0.29) is 18.5 Å². The number of aryl methyl sites for hydroxylation is 1. The van der Waals surface area contributed by atoms with Crippen molar-refractivity contribution < 1.29 is 19.5 Å². The Morgan fingerprint density at radius 3 is 2.64 bits per heavy atom. The third-order valence-corrected chi connectivity index (χ3v) is 4.81. The van der Waals surface area contributed by atoms with Crippen LogP contribution in [0.2, 0.25) is 0 Å². The van der Waals surface area contributed by atoms with Gasteiger partial charge in [-0.25, -0.2) is 4.79 Å². The molecular weight excluding hydrogens is 322 g/mol. The Hall–Kier alpha value is -2.57. The van der Waals surface area contributed by atoms with E-state index in [0.29, 0.717) is 36.7 Å². The van der Waals surface area contributed by atoms with Gasteiger partial charge in [0.15, 0.2) is 0 Å². The van der Waals surface area contributed by atoms with Crippen LogP contribution in [0, 0.1) is 18.8 Å². The third kappa shape index (κ3) is 4.29. The summed E-state index contributed by atoms with van der Waals surface area (Å²) in [5.74, 6) is -0.923. The van der Waals surface area contributed by atoms with E-state index in [2.05, 4.69) is 10.6 Å². The molecule has 0 radical (unpaired) electrons. The summed E-state index contributed by atoms with van der Waals surface area (Å²) >= 11 is 0. The highest BCUT2D eigenvalue weighted by molar-refractivity contribution is 5.97. The van der Waals surface area contributed by atoms with Crippen LogP contribution >= 0.6 is 0 Å². The van der Waals surface area contributed by atoms with E-state index in [4.69, 9.17) is 5.11 Å². The first-order valence-corrected chi connectivity index (χ1v) is 8.61. The average Bonchev–Trinajstić information content (AvgIpc) is 3.27. The first kappa shape index (κ1) is 17.3. The molecule has 0 spiro atoms. The van der Waals surface area contributed by atoms with E-state index in [1.54, 1.807) is 18.2 Å². The van der Waals surface area contributed by atoms with Crippen molar-refractivity contribution in [3.63, 3.8) is 0 Å². The number of carbonyl (C=O) groups is 3. The lowest BCUT2D eigenvalue weighted by molar-refractivity contribution is -0.141. The molecule has 1 aromatic rings. The summed E-state index contributed by atoms with van der Waals surface area (Å²) in [6.07, 6.45) is 2.80. The second kappa shape index (κ2) is 7.13. The number of aliphatic carboxylic acids is 1. The van der Waals surface area contributed by atoms with Crippen LogP contribution in [-0.4, -0.2) is 47.5 Å². The van der Waals surface area contributed by atoms with Crippen molar-refractivity contribution in [2.75, 3.05) is 25.0 Å². The highest BCUT2D eigenvalue weighted by Crippen LogP contribution is 2.27. The zero-order chi connectivity index (χ0) is 18.0. The Morgan fingerprint density at radius 1 is 1.24 bits per heavy atom. The Bertz CT molecular complexity index is 700. The van der Waals surface area contributed by atoms with Gasteiger partial charge in [-0.05, 0) is 49.8 Å². The highest BCUT2D eigenvalue weighted by Gasteiger charge is 2.31. The van der Waals surface area contributed by atoms with E-state index < -0.39 is 11.9 Å². The minimum absolute atomic E-state index is 0.144. The molecule has 2 fully saturated rings. The molecule has 1 aliphatic heterocycles. The molecule has 1 saturated carbocycles. The molecule has 0 bridgehead atoms. The molecule has 7 nitrogen and oxygen atoms in total. The van der Waals surface area contributed by atoms with Crippen molar-refractivity contribution in [1.82, 2.24) is 10.2 Å². The molecular formula is C18H23N3O4. The van der Waals surface area contributed by atoms with Crippen LogP contribution in [0.15, 0.2) is 18.2 Å². The fourth-order valence-electron chi connectivity index (χ4n) is 2.90. The van der Waals surface area contributed by atoms with Gasteiger partial charge in [0, 0.05) is 30.9 Å². The smallest absolute Gasteiger partial charge is 0.321 e. The molecule has 1 saturated heterocycles. The number of rotatable bonds is 5. The second-order valence-corrected chi connectivity index (χ2v) is 6.88. The predicted octanol–water partition coefficient (Wildman–Crippen LogP) is 2.07. The number of carboxylic acid groups (broad SMARTS) is 1. The van der Waals surface area contributed by atoms with E-state index in [1.165, 1.54) is 17.7 Å². The van der Waals surface area contributed by atoms with E-state index in [0.717, 1.165) is 5.56 Å². The largest absolute Gasteiger partial charge is 0.481 e. The van der Waals surface area contributed by atoms with Crippen molar-refractivity contribution in [1.29, 1.82) is 0 Å². The molecule has 3 amide bonds. The predicted molar refractivity (Wildman–Crippen MR) is 92.6 cm³/mol. The maximum atomic E-state index is 12.4. The van der Waals surface area contributed by atoms with Crippen LogP contribution in [0.3, 0.4) is 0 Å². The number of hydrogen-bond donors (Lipinski definition) is 3. The van der Waals surface area contributed by atoms with Gasteiger partial charge in [0.25, 0.3) is 5.91 Å². The molecule has 3 N–H and O–H groups in total. The maximum Gasteiger partial charge on any atom is 0.321 e. The average molecular weight is 345 g/mol. The summed E-state index contributed by atoms with van der Waals surface area (Å²) < 4.78 is 0. The molecule has 3 rings (SSSR count). The van der Waals surface area contributed by atoms with E-state index in [9.17, 15) is 14.4 Å². The van der Waals surface area contributed by atoms with E-state index >= 15 is 0 Å². The molecule has 1 unspecified atom stereocenters. The first-order valence-electron chi connectivity index (χ1n) is 8.61. The van der Waals surface area contributed by atoms with Gasteiger partial charge in [0.1, 0.15) is 0 Å². The Kier molecular flexibility index (Phi) is 4.92. The first-order chi connectivity index (χ1) is 11.9. The Morgan fingerprint density at radius 2 is 2.00 bits per heavy atom. The van der Waals surface area contributed by atoms with Crippen LogP contribution < -0.4 is 10.6 Å². The van der Waals surface area contributed by atoms with Gasteiger partial charge < -0.3 is 20.6 Å². The van der Waals surface area contributed by atoms with Crippen molar-refractivity contribution >= 4 is 23.6 Å².